The Bertz CT molecular complexity index is 1410. The lowest BCUT2D eigenvalue weighted by Gasteiger charge is -2.31. The molecular weight excluding hydrogens is 448 g/mol. The molecule has 0 N–H and O–H groups in total. The molecule has 2 aliphatic rings. The summed E-state index contributed by atoms with van der Waals surface area (Å²) in [6, 6.07) is 23.2. The van der Waals surface area contributed by atoms with Crippen LogP contribution in [0.4, 0.5) is 11.4 Å². The van der Waals surface area contributed by atoms with Gasteiger partial charge in [0, 0.05) is 38.2 Å². The molecule has 0 amide bonds. The van der Waals surface area contributed by atoms with E-state index in [1.807, 2.05) is 12.1 Å². The zero-order valence-corrected chi connectivity index (χ0v) is 21.1. The largest absolute Gasteiger partial charge is 0.295 e. The molecule has 1 unspecified atom stereocenters. The molecule has 0 saturated heterocycles. The molecule has 1 aromatic heterocycles. The minimum Gasteiger partial charge on any atom is -0.295 e. The molecule has 1 aliphatic heterocycles. The van der Waals surface area contributed by atoms with Gasteiger partial charge in [-0.1, -0.05) is 49.2 Å². The van der Waals surface area contributed by atoms with Crippen molar-refractivity contribution in [1.29, 1.82) is 10.5 Å². The molecule has 4 nitrogen and oxygen atoms in total. The fourth-order valence-corrected chi connectivity index (χ4v) is 6.33. The third kappa shape index (κ3) is 3.99. The number of hydrogen-bond acceptors (Lipinski definition) is 5. The molecule has 1 aliphatic carbocycles. The molecule has 0 radical (unpaired) electrons. The molecule has 3 aromatic rings. The first-order valence-electron chi connectivity index (χ1n) is 11.7. The minimum atomic E-state index is -0.228. The van der Waals surface area contributed by atoms with Crippen LogP contribution < -0.4 is 4.90 Å². The standard InChI is InChI=1S/C30H26N4S/c1-19-5-9-22(10-6-19)34(23-11-7-20(2)8-12-23)27-14-13-25-28-26(30(3,4)29(25)33-27)16-24(35-28)15-21(17-31)18-32/h5-12,14-16,25H,13H2,1-4H3. The number of thiophene rings is 1. The van der Waals surface area contributed by atoms with Crippen molar-refractivity contribution in [2.75, 3.05) is 4.90 Å². The molecule has 2 aromatic carbocycles. The van der Waals surface area contributed by atoms with Gasteiger partial charge in [0.1, 0.15) is 23.5 Å². The molecule has 0 saturated carbocycles. The smallest absolute Gasteiger partial charge is 0.133 e. The van der Waals surface area contributed by atoms with Crippen LogP contribution in [0.2, 0.25) is 0 Å². The van der Waals surface area contributed by atoms with Crippen LogP contribution in [-0.2, 0) is 5.41 Å². The first kappa shape index (κ1) is 22.8. The van der Waals surface area contributed by atoms with Gasteiger partial charge in [0.25, 0.3) is 0 Å². The SMILES string of the molecule is Cc1ccc(N(C2=CCC3C(=N2)C(C)(C)c2cc(C=C(C#N)C#N)sc23)c2ccc(C)cc2)cc1. The molecule has 2 heterocycles. The second-order valence-corrected chi connectivity index (χ2v) is 10.8. The topological polar surface area (TPSA) is 63.2 Å². The molecule has 35 heavy (non-hydrogen) atoms. The summed E-state index contributed by atoms with van der Waals surface area (Å²) in [6.45, 7) is 8.66. The van der Waals surface area contributed by atoms with Crippen LogP contribution in [0.15, 0.2) is 77.1 Å². The maximum absolute atomic E-state index is 9.16. The van der Waals surface area contributed by atoms with E-state index in [1.165, 1.54) is 27.3 Å². The zero-order chi connectivity index (χ0) is 24.7. The van der Waals surface area contributed by atoms with Gasteiger partial charge in [0.05, 0.1) is 0 Å². The van der Waals surface area contributed by atoms with E-state index in [9.17, 15) is 0 Å². The summed E-state index contributed by atoms with van der Waals surface area (Å²) in [5, 5.41) is 18.3. The number of benzene rings is 2. The van der Waals surface area contributed by atoms with E-state index in [-0.39, 0.29) is 16.9 Å². The quantitative estimate of drug-likeness (QED) is 0.364. The van der Waals surface area contributed by atoms with Crippen molar-refractivity contribution in [1.82, 2.24) is 0 Å². The van der Waals surface area contributed by atoms with Gasteiger partial charge in [-0.2, -0.15) is 10.5 Å². The molecule has 0 spiro atoms. The zero-order valence-electron chi connectivity index (χ0n) is 20.3. The van der Waals surface area contributed by atoms with E-state index < -0.39 is 0 Å². The van der Waals surface area contributed by atoms with E-state index in [1.54, 1.807) is 17.4 Å². The number of rotatable bonds is 4. The molecular formula is C30H26N4S. The molecule has 5 rings (SSSR count). The second-order valence-electron chi connectivity index (χ2n) is 9.69. The Morgan fingerprint density at radius 2 is 1.57 bits per heavy atom. The number of aryl methyl sites for hydroxylation is 2. The first-order chi connectivity index (χ1) is 16.8. The lowest BCUT2D eigenvalue weighted by molar-refractivity contribution is 0.715. The average molecular weight is 475 g/mol. The van der Waals surface area contributed by atoms with Crippen molar-refractivity contribution in [2.45, 2.75) is 45.4 Å². The number of fused-ring (bicyclic) bond motifs is 3. The third-order valence-electron chi connectivity index (χ3n) is 6.85. The van der Waals surface area contributed by atoms with Crippen molar-refractivity contribution >= 4 is 34.5 Å². The van der Waals surface area contributed by atoms with Gasteiger partial charge in [-0.15, -0.1) is 11.3 Å². The Balaban J connectivity index is 1.56. The summed E-state index contributed by atoms with van der Waals surface area (Å²) in [7, 11) is 0. The van der Waals surface area contributed by atoms with E-state index in [2.05, 4.69) is 93.3 Å². The predicted molar refractivity (Wildman–Crippen MR) is 144 cm³/mol. The van der Waals surface area contributed by atoms with Gasteiger partial charge in [0.15, 0.2) is 0 Å². The van der Waals surface area contributed by atoms with Crippen LogP contribution in [0, 0.1) is 36.5 Å². The van der Waals surface area contributed by atoms with E-state index in [0.29, 0.717) is 0 Å². The highest BCUT2D eigenvalue weighted by Crippen LogP contribution is 2.52. The van der Waals surface area contributed by atoms with E-state index in [4.69, 9.17) is 15.5 Å². The highest BCUT2D eigenvalue weighted by molar-refractivity contribution is 7.13. The normalized spacial score (nSPS) is 17.3. The van der Waals surface area contributed by atoms with Crippen LogP contribution >= 0.6 is 11.3 Å². The molecule has 0 bridgehead atoms. The van der Waals surface area contributed by atoms with Gasteiger partial charge in [-0.05, 0) is 68.3 Å². The first-order valence-corrected chi connectivity index (χ1v) is 12.5. The summed E-state index contributed by atoms with van der Waals surface area (Å²) in [5.74, 6) is 1.17. The number of anilines is 2. The van der Waals surface area contributed by atoms with Crippen LogP contribution in [0.1, 0.15) is 52.6 Å². The van der Waals surface area contributed by atoms with Gasteiger partial charge in [0.2, 0.25) is 0 Å². The van der Waals surface area contributed by atoms with Gasteiger partial charge < -0.3 is 0 Å². The van der Waals surface area contributed by atoms with Crippen molar-refractivity contribution in [2.24, 2.45) is 4.99 Å². The van der Waals surface area contributed by atoms with Crippen molar-refractivity contribution in [3.05, 3.63) is 98.5 Å². The maximum atomic E-state index is 9.16. The Kier molecular flexibility index (Phi) is 5.67. The minimum absolute atomic E-state index is 0.134. The Labute approximate surface area is 210 Å². The summed E-state index contributed by atoms with van der Waals surface area (Å²) >= 11 is 1.67. The highest BCUT2D eigenvalue weighted by Gasteiger charge is 2.46. The maximum Gasteiger partial charge on any atom is 0.133 e. The van der Waals surface area contributed by atoms with Crippen LogP contribution in [0.3, 0.4) is 0 Å². The fourth-order valence-electron chi connectivity index (χ4n) is 4.94. The molecule has 1 atom stereocenters. The van der Waals surface area contributed by atoms with Gasteiger partial charge >= 0.3 is 0 Å². The number of allylic oxidation sites excluding steroid dienone is 2. The Morgan fingerprint density at radius 3 is 2.11 bits per heavy atom. The van der Waals surface area contributed by atoms with Crippen LogP contribution in [0.5, 0.6) is 0 Å². The number of nitriles is 2. The average Bonchev–Trinajstić information content (AvgIpc) is 3.37. The summed E-state index contributed by atoms with van der Waals surface area (Å²) in [4.78, 5) is 9.78. The lowest BCUT2D eigenvalue weighted by Crippen LogP contribution is -2.30. The molecule has 5 heteroatoms. The fraction of sp³-hybridized carbons (Fsp3) is 0.233. The van der Waals surface area contributed by atoms with Gasteiger partial charge in [-0.3, -0.25) is 4.90 Å². The van der Waals surface area contributed by atoms with Crippen molar-refractivity contribution < 1.29 is 0 Å². The van der Waals surface area contributed by atoms with Crippen LogP contribution in [-0.4, -0.2) is 5.71 Å². The summed E-state index contributed by atoms with van der Waals surface area (Å²) in [5.41, 5.74) is 6.96. The third-order valence-corrected chi connectivity index (χ3v) is 8.05. The summed E-state index contributed by atoms with van der Waals surface area (Å²) < 4.78 is 0. The second kappa shape index (κ2) is 8.69. The van der Waals surface area contributed by atoms with E-state index in [0.717, 1.165) is 28.5 Å². The Morgan fingerprint density at radius 1 is 1.00 bits per heavy atom. The summed E-state index contributed by atoms with van der Waals surface area (Å²) in [6.07, 6.45) is 4.80. The lowest BCUT2D eigenvalue weighted by atomic mass is 9.82. The van der Waals surface area contributed by atoms with E-state index >= 15 is 0 Å². The molecule has 172 valence electrons. The van der Waals surface area contributed by atoms with Crippen molar-refractivity contribution in [3.8, 4) is 12.1 Å². The highest BCUT2D eigenvalue weighted by atomic mass is 32.1. The van der Waals surface area contributed by atoms with Crippen molar-refractivity contribution in [3.63, 3.8) is 0 Å². The number of aliphatic imine (C=N–C) groups is 1. The number of hydrogen-bond donors (Lipinski definition) is 0. The Hall–Kier alpha value is -3.93. The van der Waals surface area contributed by atoms with Gasteiger partial charge in [-0.25, -0.2) is 4.99 Å². The predicted octanol–water partition coefficient (Wildman–Crippen LogP) is 7.69. The number of nitrogens with zero attached hydrogens (tertiary/aromatic N) is 4. The monoisotopic (exact) mass is 474 g/mol. The van der Waals surface area contributed by atoms with Crippen LogP contribution in [0.25, 0.3) is 6.08 Å². The molecule has 0 fully saturated rings.